The topological polar surface area (TPSA) is 64.3 Å². The Labute approximate surface area is 112 Å². The van der Waals surface area contributed by atoms with E-state index in [-0.39, 0.29) is 17.7 Å². The SMILES string of the molecule is CCC1OCCC1CNC(=O)c1ccc(F)cc1N. The Bertz CT molecular complexity index is 465. The molecule has 5 heteroatoms. The minimum atomic E-state index is -0.440. The zero-order valence-electron chi connectivity index (χ0n) is 11.0. The van der Waals surface area contributed by atoms with Crippen LogP contribution in [0, 0.1) is 11.7 Å². The molecular weight excluding hydrogens is 247 g/mol. The third-order valence-corrected chi connectivity index (χ3v) is 3.53. The lowest BCUT2D eigenvalue weighted by Gasteiger charge is -2.17. The number of anilines is 1. The Morgan fingerprint density at radius 3 is 3.05 bits per heavy atom. The number of amides is 1. The van der Waals surface area contributed by atoms with Gasteiger partial charge in [-0.25, -0.2) is 4.39 Å². The zero-order chi connectivity index (χ0) is 13.8. The van der Waals surface area contributed by atoms with Crippen molar-refractivity contribution in [3.05, 3.63) is 29.6 Å². The molecule has 2 rings (SSSR count). The maximum Gasteiger partial charge on any atom is 0.253 e. The molecule has 0 bridgehead atoms. The highest BCUT2D eigenvalue weighted by atomic mass is 19.1. The molecule has 104 valence electrons. The normalized spacial score (nSPS) is 22.4. The van der Waals surface area contributed by atoms with E-state index in [1.54, 1.807) is 0 Å². The monoisotopic (exact) mass is 266 g/mol. The Morgan fingerprint density at radius 1 is 1.58 bits per heavy atom. The van der Waals surface area contributed by atoms with Crippen LogP contribution < -0.4 is 11.1 Å². The van der Waals surface area contributed by atoms with Crippen LogP contribution in [0.1, 0.15) is 30.1 Å². The van der Waals surface area contributed by atoms with Crippen LogP contribution in [0.3, 0.4) is 0 Å². The van der Waals surface area contributed by atoms with Gasteiger partial charge >= 0.3 is 0 Å². The molecule has 1 aliphatic heterocycles. The van der Waals surface area contributed by atoms with Crippen molar-refractivity contribution in [2.45, 2.75) is 25.9 Å². The second-order valence-corrected chi connectivity index (χ2v) is 4.81. The summed E-state index contributed by atoms with van der Waals surface area (Å²) in [5.74, 6) is -0.362. The molecular formula is C14H19FN2O2. The summed E-state index contributed by atoms with van der Waals surface area (Å²) in [6.07, 6.45) is 2.11. The van der Waals surface area contributed by atoms with Crippen molar-refractivity contribution < 1.29 is 13.9 Å². The molecule has 1 aromatic rings. The maximum atomic E-state index is 12.9. The van der Waals surface area contributed by atoms with Gasteiger partial charge in [-0.2, -0.15) is 0 Å². The number of ether oxygens (including phenoxy) is 1. The van der Waals surface area contributed by atoms with Gasteiger partial charge < -0.3 is 15.8 Å². The lowest BCUT2D eigenvalue weighted by atomic mass is 9.99. The number of rotatable bonds is 4. The highest BCUT2D eigenvalue weighted by Crippen LogP contribution is 2.22. The van der Waals surface area contributed by atoms with Crippen LogP contribution >= 0.6 is 0 Å². The van der Waals surface area contributed by atoms with Gasteiger partial charge in [-0.1, -0.05) is 6.92 Å². The number of hydrogen-bond acceptors (Lipinski definition) is 3. The molecule has 0 saturated carbocycles. The summed E-state index contributed by atoms with van der Waals surface area (Å²) < 4.78 is 18.5. The molecule has 19 heavy (non-hydrogen) atoms. The number of halogens is 1. The van der Waals surface area contributed by atoms with Crippen LogP contribution in [0.2, 0.25) is 0 Å². The molecule has 0 aliphatic carbocycles. The number of nitrogen functional groups attached to an aromatic ring is 1. The molecule has 1 heterocycles. The van der Waals surface area contributed by atoms with E-state index >= 15 is 0 Å². The quantitative estimate of drug-likeness (QED) is 0.819. The molecule has 3 N–H and O–H groups in total. The third-order valence-electron chi connectivity index (χ3n) is 3.53. The van der Waals surface area contributed by atoms with Crippen molar-refractivity contribution in [1.82, 2.24) is 5.32 Å². The van der Waals surface area contributed by atoms with Crippen molar-refractivity contribution in [1.29, 1.82) is 0 Å². The van der Waals surface area contributed by atoms with Gasteiger partial charge in [-0.3, -0.25) is 4.79 Å². The number of benzene rings is 1. The fourth-order valence-electron chi connectivity index (χ4n) is 2.44. The minimum absolute atomic E-state index is 0.159. The highest BCUT2D eigenvalue weighted by Gasteiger charge is 2.27. The molecule has 1 saturated heterocycles. The molecule has 2 atom stereocenters. The number of hydrogen-bond donors (Lipinski definition) is 2. The Balaban J connectivity index is 1.94. The minimum Gasteiger partial charge on any atom is -0.398 e. The lowest BCUT2D eigenvalue weighted by Crippen LogP contribution is -2.33. The summed E-state index contributed by atoms with van der Waals surface area (Å²) in [6.45, 7) is 3.38. The Kier molecular flexibility index (Phi) is 4.37. The fourth-order valence-corrected chi connectivity index (χ4v) is 2.44. The molecule has 0 radical (unpaired) electrons. The predicted molar refractivity (Wildman–Crippen MR) is 71.3 cm³/mol. The summed E-state index contributed by atoms with van der Waals surface area (Å²) in [4.78, 5) is 12.0. The van der Waals surface area contributed by atoms with Crippen molar-refractivity contribution in [3.8, 4) is 0 Å². The average molecular weight is 266 g/mol. The van der Waals surface area contributed by atoms with E-state index < -0.39 is 5.82 Å². The van der Waals surface area contributed by atoms with Crippen LogP contribution in [0.4, 0.5) is 10.1 Å². The van der Waals surface area contributed by atoms with Crippen molar-refractivity contribution in [3.63, 3.8) is 0 Å². The fraction of sp³-hybridized carbons (Fsp3) is 0.500. The number of nitrogens with one attached hydrogen (secondary N) is 1. The molecule has 1 aliphatic rings. The third kappa shape index (κ3) is 3.23. The van der Waals surface area contributed by atoms with Crippen LogP contribution in [-0.2, 0) is 4.74 Å². The first-order valence-electron chi connectivity index (χ1n) is 6.56. The van der Waals surface area contributed by atoms with Gasteiger partial charge in [0.05, 0.1) is 11.7 Å². The van der Waals surface area contributed by atoms with Crippen LogP contribution in [-0.4, -0.2) is 25.2 Å². The van der Waals surface area contributed by atoms with E-state index in [4.69, 9.17) is 10.5 Å². The van der Waals surface area contributed by atoms with Crippen molar-refractivity contribution in [2.75, 3.05) is 18.9 Å². The van der Waals surface area contributed by atoms with Gasteiger partial charge in [0.25, 0.3) is 5.91 Å². The number of carbonyl (C=O) groups excluding carboxylic acids is 1. The summed E-state index contributed by atoms with van der Waals surface area (Å²) in [6, 6.07) is 3.80. The smallest absolute Gasteiger partial charge is 0.253 e. The molecule has 2 unspecified atom stereocenters. The lowest BCUT2D eigenvalue weighted by molar-refractivity contribution is 0.0827. The first-order chi connectivity index (χ1) is 9.11. The summed E-state index contributed by atoms with van der Waals surface area (Å²) >= 11 is 0. The predicted octanol–water partition coefficient (Wildman–Crippen LogP) is 1.95. The van der Waals surface area contributed by atoms with Gasteiger partial charge in [-0.15, -0.1) is 0 Å². The summed E-state index contributed by atoms with van der Waals surface area (Å²) in [5.41, 5.74) is 6.11. The largest absolute Gasteiger partial charge is 0.398 e. The molecule has 4 nitrogen and oxygen atoms in total. The van der Waals surface area contributed by atoms with Gasteiger partial charge in [-0.05, 0) is 31.0 Å². The highest BCUT2D eigenvalue weighted by molar-refractivity contribution is 5.99. The molecule has 1 fully saturated rings. The average Bonchev–Trinajstić information content (AvgIpc) is 2.83. The standard InChI is InChI=1S/C14H19FN2O2/c1-2-13-9(5-6-19-13)8-17-14(18)11-4-3-10(15)7-12(11)16/h3-4,7,9,13H,2,5-6,8,16H2,1H3,(H,17,18). The van der Waals surface area contributed by atoms with Crippen LogP contribution in [0.5, 0.6) is 0 Å². The van der Waals surface area contributed by atoms with Crippen molar-refractivity contribution in [2.24, 2.45) is 5.92 Å². The van der Waals surface area contributed by atoms with Crippen LogP contribution in [0.15, 0.2) is 18.2 Å². The molecule has 0 spiro atoms. The van der Waals surface area contributed by atoms with Gasteiger partial charge in [0.2, 0.25) is 0 Å². The van der Waals surface area contributed by atoms with E-state index in [9.17, 15) is 9.18 Å². The number of carbonyl (C=O) groups is 1. The first kappa shape index (κ1) is 13.8. The van der Waals surface area contributed by atoms with Gasteiger partial charge in [0.1, 0.15) is 5.82 Å². The van der Waals surface area contributed by atoms with Crippen molar-refractivity contribution >= 4 is 11.6 Å². The summed E-state index contributed by atoms with van der Waals surface area (Å²) in [5, 5.41) is 2.84. The van der Waals surface area contributed by atoms with E-state index in [0.717, 1.165) is 25.5 Å². The van der Waals surface area contributed by atoms with Crippen LogP contribution in [0.25, 0.3) is 0 Å². The van der Waals surface area contributed by atoms with E-state index in [0.29, 0.717) is 18.0 Å². The maximum absolute atomic E-state index is 12.9. The molecule has 1 aromatic carbocycles. The first-order valence-corrected chi connectivity index (χ1v) is 6.56. The van der Waals surface area contributed by atoms with Gasteiger partial charge in [0.15, 0.2) is 0 Å². The van der Waals surface area contributed by atoms with E-state index in [2.05, 4.69) is 12.2 Å². The Morgan fingerprint density at radius 2 is 2.37 bits per heavy atom. The summed E-state index contributed by atoms with van der Waals surface area (Å²) in [7, 11) is 0. The second kappa shape index (κ2) is 6.02. The number of nitrogens with two attached hydrogens (primary N) is 1. The molecule has 0 aromatic heterocycles. The van der Waals surface area contributed by atoms with E-state index in [1.807, 2.05) is 0 Å². The van der Waals surface area contributed by atoms with Gasteiger partial charge in [0, 0.05) is 24.8 Å². The van der Waals surface area contributed by atoms with E-state index in [1.165, 1.54) is 12.1 Å². The second-order valence-electron chi connectivity index (χ2n) is 4.81. The zero-order valence-corrected chi connectivity index (χ0v) is 11.0. The molecule has 1 amide bonds. The Hall–Kier alpha value is -1.62.